The minimum absolute atomic E-state index is 0.554. The lowest BCUT2D eigenvalue weighted by Crippen LogP contribution is -2.29. The summed E-state index contributed by atoms with van der Waals surface area (Å²) in [5.74, 6) is 0. The Labute approximate surface area is 170 Å². The molecule has 0 heterocycles. The third-order valence-corrected chi connectivity index (χ3v) is 5.37. The van der Waals surface area contributed by atoms with Crippen LogP contribution in [0.2, 0.25) is 0 Å². The predicted molar refractivity (Wildman–Crippen MR) is 116 cm³/mol. The van der Waals surface area contributed by atoms with E-state index < -0.39 is 6.03 Å². The van der Waals surface area contributed by atoms with E-state index in [0.717, 1.165) is 37.9 Å². The number of carbonyl (C=O) groups excluding carboxylic acids is 1. The van der Waals surface area contributed by atoms with Gasteiger partial charge in [0.05, 0.1) is 0 Å². The van der Waals surface area contributed by atoms with Crippen molar-refractivity contribution in [1.29, 1.82) is 0 Å². The van der Waals surface area contributed by atoms with Crippen molar-refractivity contribution in [2.45, 2.75) is 9.79 Å². The molecule has 0 aliphatic heterocycles. The minimum atomic E-state index is -0.554. The molecule has 0 fully saturated rings. The molecule has 4 rings (SSSR count). The maximum atomic E-state index is 11.8. The number of amides is 2. The Hall–Kier alpha value is -2.87. The van der Waals surface area contributed by atoms with E-state index in [1.165, 1.54) is 17.3 Å². The Balaban J connectivity index is 1.27. The molecule has 0 radical (unpaired) electrons. The van der Waals surface area contributed by atoms with Gasteiger partial charge in [0, 0.05) is 21.7 Å². The zero-order chi connectivity index (χ0) is 19.2. The largest absolute Gasteiger partial charge is 0.375 e. The van der Waals surface area contributed by atoms with Crippen LogP contribution >= 0.6 is 23.9 Å². The first-order valence-electron chi connectivity index (χ1n) is 8.55. The second-order valence-corrected chi connectivity index (χ2v) is 7.62. The van der Waals surface area contributed by atoms with Crippen molar-refractivity contribution < 1.29 is 4.79 Å². The molecule has 4 aromatic carbocycles. The Morgan fingerprint density at radius 2 is 1.29 bits per heavy atom. The lowest BCUT2D eigenvalue weighted by atomic mass is 10.1. The number of nitrogens with zero attached hydrogens (tertiary/aromatic N) is 2. The summed E-state index contributed by atoms with van der Waals surface area (Å²) in [6.07, 6.45) is 0. The fourth-order valence-corrected chi connectivity index (χ4v) is 3.81. The van der Waals surface area contributed by atoms with Crippen LogP contribution in [0.25, 0.3) is 21.5 Å². The molecule has 0 aromatic heterocycles. The van der Waals surface area contributed by atoms with E-state index in [-0.39, 0.29) is 0 Å². The Morgan fingerprint density at radius 3 is 1.96 bits per heavy atom. The van der Waals surface area contributed by atoms with Crippen LogP contribution in [0.4, 0.5) is 4.79 Å². The van der Waals surface area contributed by atoms with E-state index >= 15 is 0 Å². The van der Waals surface area contributed by atoms with Gasteiger partial charge >= 0.3 is 6.03 Å². The van der Waals surface area contributed by atoms with Crippen molar-refractivity contribution in [2.75, 3.05) is 0 Å². The van der Waals surface area contributed by atoms with Crippen LogP contribution in [0, 0.1) is 0 Å². The quantitative estimate of drug-likeness (QED) is 0.230. The maximum Gasteiger partial charge on any atom is 0.375 e. The third-order valence-electron chi connectivity index (χ3n) is 4.05. The van der Waals surface area contributed by atoms with Gasteiger partial charge in [-0.1, -0.05) is 65.8 Å². The number of benzene rings is 4. The summed E-state index contributed by atoms with van der Waals surface area (Å²) in [6, 6.07) is 27.7. The van der Waals surface area contributed by atoms with Gasteiger partial charge in [0.25, 0.3) is 0 Å². The highest BCUT2D eigenvalue weighted by Crippen LogP contribution is 2.24. The molecule has 138 valence electrons. The molecule has 4 aromatic rings. The van der Waals surface area contributed by atoms with Gasteiger partial charge in [-0.15, -0.1) is 4.52 Å². The van der Waals surface area contributed by atoms with Crippen LogP contribution in [0.1, 0.15) is 0 Å². The normalized spacial score (nSPS) is 11.3. The molecule has 7 heteroatoms. The predicted octanol–water partition coefficient (Wildman–Crippen LogP) is 6.37. The molecular weight excluding hydrogens is 388 g/mol. The average Bonchev–Trinajstić information content (AvgIpc) is 2.73. The SMILES string of the molecule is O=C(N=NSc1ccc2ccccc2c1)NNSc1ccc2ccccc2c1. The maximum absolute atomic E-state index is 11.8. The van der Waals surface area contributed by atoms with Crippen LogP contribution in [-0.4, -0.2) is 6.03 Å². The number of fused-ring (bicyclic) bond motifs is 2. The molecule has 0 saturated heterocycles. The lowest BCUT2D eigenvalue weighted by Gasteiger charge is -2.05. The fraction of sp³-hybridized carbons (Fsp3) is 0. The molecule has 0 saturated carbocycles. The lowest BCUT2D eigenvalue weighted by molar-refractivity contribution is 0.247. The van der Waals surface area contributed by atoms with Crippen LogP contribution < -0.4 is 10.3 Å². The second-order valence-electron chi connectivity index (χ2n) is 5.93. The van der Waals surface area contributed by atoms with Crippen molar-refractivity contribution in [2.24, 2.45) is 9.63 Å². The molecule has 0 spiro atoms. The minimum Gasteiger partial charge on any atom is -0.260 e. The summed E-state index contributed by atoms with van der Waals surface area (Å²) in [7, 11) is 0. The number of hydrogen-bond donors (Lipinski definition) is 2. The fourth-order valence-electron chi connectivity index (χ4n) is 2.71. The summed E-state index contributed by atoms with van der Waals surface area (Å²) >= 11 is 2.46. The molecule has 0 atom stereocenters. The van der Waals surface area contributed by atoms with Crippen molar-refractivity contribution in [1.82, 2.24) is 10.3 Å². The van der Waals surface area contributed by atoms with Crippen LogP contribution in [0.5, 0.6) is 0 Å². The standard InChI is InChI=1S/C21H16N4OS2/c26-21(22-24-27-19-11-9-15-5-1-3-7-17(15)13-19)23-25-28-20-12-10-16-6-2-4-8-18(16)14-20/h1-14,24H,(H,22,26). The van der Waals surface area contributed by atoms with E-state index in [1.54, 1.807) is 0 Å². The monoisotopic (exact) mass is 404 g/mol. The van der Waals surface area contributed by atoms with E-state index in [0.29, 0.717) is 0 Å². The van der Waals surface area contributed by atoms with Crippen LogP contribution in [0.15, 0.2) is 104 Å². The number of hydrogen-bond acceptors (Lipinski definition) is 5. The zero-order valence-corrected chi connectivity index (χ0v) is 16.3. The smallest absolute Gasteiger partial charge is 0.260 e. The van der Waals surface area contributed by atoms with Gasteiger partial charge in [-0.05, 0) is 57.8 Å². The topological polar surface area (TPSA) is 65.8 Å². The van der Waals surface area contributed by atoms with Gasteiger partial charge in [-0.3, -0.25) is 5.43 Å². The summed E-state index contributed by atoms with van der Waals surface area (Å²) in [5, 5.41) is 8.25. The average molecular weight is 405 g/mol. The summed E-state index contributed by atoms with van der Waals surface area (Å²) in [5.41, 5.74) is 2.50. The highest BCUT2D eigenvalue weighted by molar-refractivity contribution is 7.98. The number of nitrogens with one attached hydrogen (secondary N) is 2. The first-order valence-corrected chi connectivity index (χ1v) is 10.1. The Morgan fingerprint density at radius 1 is 0.714 bits per heavy atom. The summed E-state index contributed by atoms with van der Waals surface area (Å²) < 4.78 is 3.90. The molecule has 2 amide bonds. The first-order chi connectivity index (χ1) is 13.8. The molecule has 0 bridgehead atoms. The van der Waals surface area contributed by atoms with Crippen molar-refractivity contribution in [3.05, 3.63) is 84.9 Å². The van der Waals surface area contributed by atoms with Gasteiger partial charge in [0.2, 0.25) is 0 Å². The van der Waals surface area contributed by atoms with Gasteiger partial charge < -0.3 is 0 Å². The first kappa shape index (κ1) is 18.5. The van der Waals surface area contributed by atoms with Gasteiger partial charge in [0.1, 0.15) is 0 Å². The van der Waals surface area contributed by atoms with E-state index in [1.807, 2.05) is 60.7 Å². The molecule has 0 unspecified atom stereocenters. The molecule has 5 nitrogen and oxygen atoms in total. The van der Waals surface area contributed by atoms with E-state index in [2.05, 4.69) is 44.2 Å². The van der Waals surface area contributed by atoms with Crippen molar-refractivity contribution in [3.8, 4) is 0 Å². The molecular formula is C21H16N4OS2. The summed E-state index contributed by atoms with van der Waals surface area (Å²) in [6.45, 7) is 0. The zero-order valence-electron chi connectivity index (χ0n) is 14.7. The number of rotatable bonds is 5. The highest BCUT2D eigenvalue weighted by atomic mass is 32.2. The van der Waals surface area contributed by atoms with E-state index in [4.69, 9.17) is 0 Å². The van der Waals surface area contributed by atoms with Gasteiger partial charge in [0.15, 0.2) is 0 Å². The Bertz CT molecular complexity index is 1160. The van der Waals surface area contributed by atoms with Crippen molar-refractivity contribution >= 4 is 51.5 Å². The highest BCUT2D eigenvalue weighted by Gasteiger charge is 2.01. The summed E-state index contributed by atoms with van der Waals surface area (Å²) in [4.78, 5) is 16.5. The number of hydrazine groups is 1. The number of carbonyl (C=O) groups is 1. The van der Waals surface area contributed by atoms with Gasteiger partial charge in [-0.25, -0.2) is 4.79 Å². The molecule has 2 N–H and O–H groups in total. The molecule has 28 heavy (non-hydrogen) atoms. The molecule has 0 aliphatic rings. The van der Waals surface area contributed by atoms with Crippen LogP contribution in [-0.2, 0) is 0 Å². The van der Waals surface area contributed by atoms with E-state index in [9.17, 15) is 4.79 Å². The number of urea groups is 1. The molecule has 0 aliphatic carbocycles. The second kappa shape index (κ2) is 8.88. The van der Waals surface area contributed by atoms with Gasteiger partial charge in [-0.2, -0.15) is 4.83 Å². The third kappa shape index (κ3) is 4.69. The van der Waals surface area contributed by atoms with Crippen molar-refractivity contribution in [3.63, 3.8) is 0 Å². The Kier molecular flexibility index (Phi) is 5.86. The van der Waals surface area contributed by atoms with Crippen LogP contribution in [0.3, 0.4) is 0 Å².